The highest BCUT2D eigenvalue weighted by atomic mass is 127. The molecule has 1 saturated heterocycles. The predicted molar refractivity (Wildman–Crippen MR) is 103 cm³/mol. The van der Waals surface area contributed by atoms with Gasteiger partial charge in [0.05, 0.1) is 6.54 Å². The fourth-order valence-corrected chi connectivity index (χ4v) is 2.54. The number of hydrogen-bond acceptors (Lipinski definition) is 2. The lowest BCUT2D eigenvalue weighted by Crippen LogP contribution is -2.41. The van der Waals surface area contributed by atoms with Crippen LogP contribution >= 0.6 is 24.0 Å². The molecule has 1 unspecified atom stereocenters. The van der Waals surface area contributed by atoms with Gasteiger partial charge in [0.15, 0.2) is 5.96 Å². The summed E-state index contributed by atoms with van der Waals surface area (Å²) in [5, 5.41) is 0. The number of aliphatic imine (C=N–C) groups is 1. The van der Waals surface area contributed by atoms with Crippen LogP contribution in [0, 0.1) is 6.92 Å². The summed E-state index contributed by atoms with van der Waals surface area (Å²) in [6, 6.07) is 8.10. The number of hydrogen-bond donors (Lipinski definition) is 1. The second-order valence-corrected chi connectivity index (χ2v) is 5.66. The van der Waals surface area contributed by atoms with Gasteiger partial charge in [-0.15, -0.1) is 24.0 Å². The van der Waals surface area contributed by atoms with E-state index in [9.17, 15) is 0 Å². The lowest BCUT2D eigenvalue weighted by atomic mass is 10.1. The summed E-state index contributed by atoms with van der Waals surface area (Å²) in [5.41, 5.74) is 7.25. The number of benzene rings is 1. The Morgan fingerprint density at radius 2 is 1.95 bits per heavy atom. The first-order valence-electron chi connectivity index (χ1n) is 7.98. The van der Waals surface area contributed by atoms with Crippen LogP contribution in [0.2, 0.25) is 0 Å². The average Bonchev–Trinajstić information content (AvgIpc) is 2.53. The molecule has 1 aromatic carbocycles. The monoisotopic (exact) mass is 417 g/mol. The van der Waals surface area contributed by atoms with Crippen molar-refractivity contribution in [3.05, 3.63) is 29.8 Å². The van der Waals surface area contributed by atoms with E-state index in [-0.39, 0.29) is 30.1 Å². The normalized spacial score (nSPS) is 16.8. The minimum absolute atomic E-state index is 0. The number of halogens is 1. The summed E-state index contributed by atoms with van der Waals surface area (Å²) in [6.45, 7) is 6.87. The second kappa shape index (κ2) is 9.92. The van der Waals surface area contributed by atoms with Gasteiger partial charge in [-0.1, -0.05) is 25.1 Å². The van der Waals surface area contributed by atoms with Crippen LogP contribution in [0.25, 0.3) is 0 Å². The highest BCUT2D eigenvalue weighted by Gasteiger charge is 2.13. The average molecular weight is 417 g/mol. The van der Waals surface area contributed by atoms with Gasteiger partial charge in [-0.3, -0.25) is 0 Å². The number of para-hydroxylation sites is 1. The fourth-order valence-electron chi connectivity index (χ4n) is 2.54. The summed E-state index contributed by atoms with van der Waals surface area (Å²) in [4.78, 5) is 6.72. The third-order valence-electron chi connectivity index (χ3n) is 3.98. The van der Waals surface area contributed by atoms with Gasteiger partial charge in [0.1, 0.15) is 11.9 Å². The van der Waals surface area contributed by atoms with Gasteiger partial charge in [-0.2, -0.15) is 0 Å². The minimum atomic E-state index is 0. The zero-order valence-corrected chi connectivity index (χ0v) is 16.0. The molecule has 1 fully saturated rings. The quantitative estimate of drug-likeness (QED) is 0.453. The molecule has 2 N–H and O–H groups in total. The number of piperidine rings is 1. The first-order valence-corrected chi connectivity index (χ1v) is 7.98. The van der Waals surface area contributed by atoms with E-state index in [1.54, 1.807) is 0 Å². The molecule has 0 amide bonds. The standard InChI is InChI=1S/C17H27N3O.HI/c1-3-15(21-16-10-6-5-9-14(16)2)13-19-17(18)20-11-7-4-8-12-20;/h5-6,9-10,15H,3-4,7-8,11-13H2,1-2H3,(H2,18,19);1H. The van der Waals surface area contributed by atoms with Gasteiger partial charge in [0.2, 0.25) is 0 Å². The van der Waals surface area contributed by atoms with E-state index in [0.717, 1.165) is 30.8 Å². The lowest BCUT2D eigenvalue weighted by Gasteiger charge is -2.28. The van der Waals surface area contributed by atoms with E-state index >= 15 is 0 Å². The molecule has 5 heteroatoms. The summed E-state index contributed by atoms with van der Waals surface area (Å²) in [6.07, 6.45) is 4.73. The molecule has 1 heterocycles. The van der Waals surface area contributed by atoms with Gasteiger partial charge < -0.3 is 15.4 Å². The Balaban J connectivity index is 0.00000242. The van der Waals surface area contributed by atoms with Gasteiger partial charge in [0, 0.05) is 13.1 Å². The maximum absolute atomic E-state index is 6.10. The van der Waals surface area contributed by atoms with E-state index in [4.69, 9.17) is 10.5 Å². The van der Waals surface area contributed by atoms with Gasteiger partial charge in [0.25, 0.3) is 0 Å². The van der Waals surface area contributed by atoms with Crippen molar-refractivity contribution in [2.75, 3.05) is 19.6 Å². The van der Waals surface area contributed by atoms with Crippen molar-refractivity contribution in [2.24, 2.45) is 10.7 Å². The van der Waals surface area contributed by atoms with E-state index in [0.29, 0.717) is 12.5 Å². The summed E-state index contributed by atoms with van der Waals surface area (Å²) in [5.74, 6) is 1.61. The zero-order chi connectivity index (χ0) is 15.1. The Bertz CT molecular complexity index is 473. The van der Waals surface area contributed by atoms with Crippen molar-refractivity contribution in [1.29, 1.82) is 0 Å². The number of ether oxygens (including phenoxy) is 1. The maximum Gasteiger partial charge on any atom is 0.191 e. The van der Waals surface area contributed by atoms with E-state index in [2.05, 4.69) is 29.8 Å². The van der Waals surface area contributed by atoms with Crippen LogP contribution < -0.4 is 10.5 Å². The summed E-state index contributed by atoms with van der Waals surface area (Å²) < 4.78 is 6.05. The van der Waals surface area contributed by atoms with Crippen molar-refractivity contribution in [3.63, 3.8) is 0 Å². The molecule has 1 aliphatic rings. The molecule has 1 atom stereocenters. The van der Waals surface area contributed by atoms with E-state index in [1.807, 2.05) is 18.2 Å². The molecular formula is C17H28IN3O. The number of likely N-dealkylation sites (tertiary alicyclic amines) is 1. The molecule has 124 valence electrons. The van der Waals surface area contributed by atoms with Crippen LogP contribution in [-0.4, -0.2) is 36.6 Å². The molecule has 0 aromatic heterocycles. The highest BCUT2D eigenvalue weighted by molar-refractivity contribution is 14.0. The highest BCUT2D eigenvalue weighted by Crippen LogP contribution is 2.19. The fraction of sp³-hybridized carbons (Fsp3) is 0.588. The molecule has 2 rings (SSSR count). The van der Waals surface area contributed by atoms with Crippen LogP contribution in [0.1, 0.15) is 38.2 Å². The number of aryl methyl sites for hydroxylation is 1. The van der Waals surface area contributed by atoms with E-state index < -0.39 is 0 Å². The zero-order valence-electron chi connectivity index (χ0n) is 13.6. The molecule has 22 heavy (non-hydrogen) atoms. The third kappa shape index (κ3) is 5.66. The van der Waals surface area contributed by atoms with Gasteiger partial charge >= 0.3 is 0 Å². The Morgan fingerprint density at radius 1 is 1.27 bits per heavy atom. The number of nitrogens with zero attached hydrogens (tertiary/aromatic N) is 2. The van der Waals surface area contributed by atoms with Gasteiger partial charge in [-0.25, -0.2) is 4.99 Å². The van der Waals surface area contributed by atoms with Crippen LogP contribution in [0.4, 0.5) is 0 Å². The smallest absolute Gasteiger partial charge is 0.191 e. The van der Waals surface area contributed by atoms with Crippen LogP contribution in [-0.2, 0) is 0 Å². The summed E-state index contributed by atoms with van der Waals surface area (Å²) >= 11 is 0. The van der Waals surface area contributed by atoms with E-state index in [1.165, 1.54) is 19.3 Å². The Labute approximate surface area is 151 Å². The molecule has 0 aliphatic carbocycles. The Morgan fingerprint density at radius 3 is 2.59 bits per heavy atom. The van der Waals surface area contributed by atoms with Crippen LogP contribution in [0.3, 0.4) is 0 Å². The first-order chi connectivity index (χ1) is 10.2. The van der Waals surface area contributed by atoms with Gasteiger partial charge in [-0.05, 0) is 44.2 Å². The molecule has 4 nitrogen and oxygen atoms in total. The Kier molecular flexibility index (Phi) is 8.60. The van der Waals surface area contributed by atoms with Crippen molar-refractivity contribution in [1.82, 2.24) is 4.90 Å². The van der Waals surface area contributed by atoms with Crippen LogP contribution in [0.15, 0.2) is 29.3 Å². The Hall–Kier alpha value is -0.980. The lowest BCUT2D eigenvalue weighted by molar-refractivity contribution is 0.203. The largest absolute Gasteiger partial charge is 0.488 e. The number of rotatable bonds is 5. The molecule has 0 bridgehead atoms. The minimum Gasteiger partial charge on any atom is -0.488 e. The van der Waals surface area contributed by atoms with Crippen molar-refractivity contribution >= 4 is 29.9 Å². The molecule has 0 spiro atoms. The number of guanidine groups is 1. The molecule has 0 saturated carbocycles. The molecule has 0 radical (unpaired) electrons. The van der Waals surface area contributed by atoms with Crippen molar-refractivity contribution in [2.45, 2.75) is 45.6 Å². The molecule has 1 aliphatic heterocycles. The second-order valence-electron chi connectivity index (χ2n) is 5.66. The van der Waals surface area contributed by atoms with Crippen molar-refractivity contribution < 1.29 is 4.74 Å². The molecular weight excluding hydrogens is 389 g/mol. The SMILES string of the molecule is CCC(CN=C(N)N1CCCCC1)Oc1ccccc1C.I. The predicted octanol–water partition coefficient (Wildman–Crippen LogP) is 3.57. The summed E-state index contributed by atoms with van der Waals surface area (Å²) in [7, 11) is 0. The topological polar surface area (TPSA) is 50.8 Å². The maximum atomic E-state index is 6.10. The first kappa shape index (κ1) is 19.1. The third-order valence-corrected chi connectivity index (χ3v) is 3.98. The van der Waals surface area contributed by atoms with Crippen molar-refractivity contribution in [3.8, 4) is 5.75 Å². The van der Waals surface area contributed by atoms with Crippen LogP contribution in [0.5, 0.6) is 5.75 Å². The molecule has 1 aromatic rings. The number of nitrogens with two attached hydrogens (primary N) is 1.